The number of fused-ring (bicyclic) bond motifs is 1. The predicted molar refractivity (Wildman–Crippen MR) is 144 cm³/mol. The second kappa shape index (κ2) is 10.5. The van der Waals surface area contributed by atoms with Crippen LogP contribution in [-0.4, -0.2) is 38.7 Å². The lowest BCUT2D eigenvalue weighted by molar-refractivity contribution is -0.385. The molecular formula is C27H20ClN3O5S. The predicted octanol–water partition coefficient (Wildman–Crippen LogP) is 6.37. The van der Waals surface area contributed by atoms with E-state index in [0.29, 0.717) is 21.2 Å². The van der Waals surface area contributed by atoms with Crippen LogP contribution >= 0.6 is 23.4 Å². The minimum atomic E-state index is -0.395. The molecule has 37 heavy (non-hydrogen) atoms. The number of nitro groups is 1. The zero-order valence-electron chi connectivity index (χ0n) is 19.4. The molecule has 1 aliphatic rings. The minimum absolute atomic E-state index is 0.0435. The van der Waals surface area contributed by atoms with Crippen molar-refractivity contribution >= 4 is 57.2 Å². The number of thioether (sulfide) groups is 1. The first-order chi connectivity index (χ1) is 17.9. The van der Waals surface area contributed by atoms with Crippen LogP contribution in [0, 0.1) is 10.1 Å². The highest BCUT2D eigenvalue weighted by molar-refractivity contribution is 8.18. The first-order valence-electron chi connectivity index (χ1n) is 11.4. The maximum atomic E-state index is 13.0. The number of benzene rings is 3. The van der Waals surface area contributed by atoms with Crippen LogP contribution in [0.15, 0.2) is 83.9 Å². The van der Waals surface area contributed by atoms with Crippen LogP contribution in [0.4, 0.5) is 10.5 Å². The van der Waals surface area contributed by atoms with Crippen molar-refractivity contribution in [2.75, 3.05) is 13.2 Å². The van der Waals surface area contributed by atoms with E-state index in [1.54, 1.807) is 48.5 Å². The average Bonchev–Trinajstić information content (AvgIpc) is 3.37. The summed E-state index contributed by atoms with van der Waals surface area (Å²) in [6.07, 6.45) is 3.54. The summed E-state index contributed by atoms with van der Waals surface area (Å²) >= 11 is 6.97. The second-order valence-electron chi connectivity index (χ2n) is 8.23. The molecule has 2 amide bonds. The van der Waals surface area contributed by atoms with Crippen molar-refractivity contribution < 1.29 is 19.2 Å². The number of ether oxygens (including phenoxy) is 1. The highest BCUT2D eigenvalue weighted by Gasteiger charge is 2.35. The fourth-order valence-electron chi connectivity index (χ4n) is 4.17. The molecule has 1 fully saturated rings. The van der Waals surface area contributed by atoms with Gasteiger partial charge in [-0.25, -0.2) is 0 Å². The van der Waals surface area contributed by atoms with Gasteiger partial charge in [0.05, 0.1) is 27.9 Å². The van der Waals surface area contributed by atoms with Crippen LogP contribution in [0.5, 0.6) is 5.75 Å². The van der Waals surface area contributed by atoms with Crippen LogP contribution in [-0.2, 0) is 11.3 Å². The molecule has 3 aromatic carbocycles. The van der Waals surface area contributed by atoms with Crippen LogP contribution < -0.4 is 4.74 Å². The van der Waals surface area contributed by atoms with Crippen LogP contribution in [0.1, 0.15) is 11.1 Å². The molecule has 0 radical (unpaired) electrons. The lowest BCUT2D eigenvalue weighted by Crippen LogP contribution is -2.32. The zero-order valence-corrected chi connectivity index (χ0v) is 20.9. The van der Waals surface area contributed by atoms with Crippen molar-refractivity contribution in [2.45, 2.75) is 6.54 Å². The van der Waals surface area contributed by atoms with Crippen molar-refractivity contribution in [3.05, 3.63) is 110 Å². The Hall–Kier alpha value is -4.08. The van der Waals surface area contributed by atoms with Crippen molar-refractivity contribution in [1.82, 2.24) is 9.47 Å². The normalized spacial score (nSPS) is 14.6. The van der Waals surface area contributed by atoms with E-state index in [-0.39, 0.29) is 30.6 Å². The number of hydrogen-bond acceptors (Lipinski definition) is 6. The number of carbonyl (C=O) groups is 2. The van der Waals surface area contributed by atoms with Gasteiger partial charge in [-0.2, -0.15) is 0 Å². The Bertz CT molecular complexity index is 1560. The highest BCUT2D eigenvalue weighted by Crippen LogP contribution is 2.34. The molecule has 186 valence electrons. The maximum absolute atomic E-state index is 13.0. The topological polar surface area (TPSA) is 94.7 Å². The van der Waals surface area contributed by atoms with E-state index in [0.717, 1.165) is 33.1 Å². The number of imide groups is 1. The molecule has 5 rings (SSSR count). The SMILES string of the molecule is O=C1S/C(=C\c2cn(Cc3ccccc3[N+](=O)[O-])c3ccccc23)C(=O)N1CCOc1ccccc1Cl. The molecule has 0 bridgehead atoms. The van der Waals surface area contributed by atoms with Crippen molar-refractivity contribution in [1.29, 1.82) is 0 Å². The summed E-state index contributed by atoms with van der Waals surface area (Å²) in [5.41, 5.74) is 2.21. The smallest absolute Gasteiger partial charge is 0.293 e. The second-order valence-corrected chi connectivity index (χ2v) is 9.63. The Morgan fingerprint density at radius 3 is 2.54 bits per heavy atom. The molecule has 1 aliphatic heterocycles. The van der Waals surface area contributed by atoms with Crippen LogP contribution in [0.3, 0.4) is 0 Å². The third kappa shape index (κ3) is 5.09. The van der Waals surface area contributed by atoms with Gasteiger partial charge in [0.2, 0.25) is 0 Å². The molecule has 0 spiro atoms. The van der Waals surface area contributed by atoms with E-state index in [9.17, 15) is 19.7 Å². The maximum Gasteiger partial charge on any atom is 0.293 e. The number of hydrogen-bond donors (Lipinski definition) is 0. The Balaban J connectivity index is 1.38. The number of nitrogens with zero attached hydrogens (tertiary/aromatic N) is 3. The fourth-order valence-corrected chi connectivity index (χ4v) is 5.22. The lowest BCUT2D eigenvalue weighted by Gasteiger charge is -2.13. The van der Waals surface area contributed by atoms with Gasteiger partial charge in [0, 0.05) is 34.3 Å². The molecule has 8 nitrogen and oxygen atoms in total. The van der Waals surface area contributed by atoms with Gasteiger partial charge in [-0.1, -0.05) is 60.1 Å². The molecule has 0 N–H and O–H groups in total. The number of nitro benzene ring substituents is 1. The summed E-state index contributed by atoms with van der Waals surface area (Å²) in [6.45, 7) is 0.489. The zero-order chi connectivity index (χ0) is 25.9. The van der Waals surface area contributed by atoms with E-state index >= 15 is 0 Å². The largest absolute Gasteiger partial charge is 0.490 e. The Morgan fingerprint density at radius 2 is 1.73 bits per heavy atom. The number of aromatic nitrogens is 1. The number of carbonyl (C=O) groups excluding carboxylic acids is 2. The van der Waals surface area contributed by atoms with Crippen molar-refractivity contribution in [2.24, 2.45) is 0 Å². The Kier molecular flexibility index (Phi) is 6.98. The summed E-state index contributed by atoms with van der Waals surface area (Å²) in [6, 6.07) is 21.2. The van der Waals surface area contributed by atoms with E-state index in [1.165, 1.54) is 6.07 Å². The van der Waals surface area contributed by atoms with E-state index < -0.39 is 10.8 Å². The summed E-state index contributed by atoms with van der Waals surface area (Å²) < 4.78 is 7.54. The molecule has 0 atom stereocenters. The van der Waals surface area contributed by atoms with Gasteiger partial charge in [0.1, 0.15) is 12.4 Å². The van der Waals surface area contributed by atoms with E-state index in [4.69, 9.17) is 16.3 Å². The number of amides is 2. The molecule has 2 heterocycles. The average molecular weight is 534 g/mol. The molecule has 0 aliphatic carbocycles. The van der Waals surface area contributed by atoms with E-state index in [1.807, 2.05) is 35.0 Å². The summed E-state index contributed by atoms with van der Waals surface area (Å²) in [5.74, 6) is 0.0893. The molecule has 0 saturated carbocycles. The third-order valence-corrected chi connectivity index (χ3v) is 7.14. The quantitative estimate of drug-likeness (QED) is 0.148. The summed E-state index contributed by atoms with van der Waals surface area (Å²) in [5, 5.41) is 12.4. The van der Waals surface area contributed by atoms with Gasteiger partial charge < -0.3 is 9.30 Å². The summed E-state index contributed by atoms with van der Waals surface area (Å²) in [4.78, 5) is 38.2. The molecule has 0 unspecified atom stereocenters. The van der Waals surface area contributed by atoms with Gasteiger partial charge in [-0.15, -0.1) is 0 Å². The first-order valence-corrected chi connectivity index (χ1v) is 12.5. The molecule has 10 heteroatoms. The molecular weight excluding hydrogens is 514 g/mol. The Labute approximate surface area is 221 Å². The van der Waals surface area contributed by atoms with E-state index in [2.05, 4.69) is 0 Å². The van der Waals surface area contributed by atoms with Crippen molar-refractivity contribution in [3.8, 4) is 5.75 Å². The van der Waals surface area contributed by atoms with Gasteiger partial charge in [0.15, 0.2) is 0 Å². The van der Waals surface area contributed by atoms with Gasteiger partial charge >= 0.3 is 0 Å². The number of rotatable bonds is 8. The monoisotopic (exact) mass is 533 g/mol. The summed E-state index contributed by atoms with van der Waals surface area (Å²) in [7, 11) is 0. The molecule has 4 aromatic rings. The van der Waals surface area contributed by atoms with Crippen molar-refractivity contribution in [3.63, 3.8) is 0 Å². The number of para-hydroxylation sites is 3. The Morgan fingerprint density at radius 1 is 1.00 bits per heavy atom. The standard InChI is InChI=1S/C27H20ClN3O5S/c28-21-9-3-6-12-24(21)36-14-13-30-26(32)25(37-27(30)33)15-19-17-29(23-11-5-2-8-20(19)23)16-18-7-1-4-10-22(18)31(34)35/h1-12,15,17H,13-14,16H2/b25-15-. The van der Waals surface area contributed by atoms with Gasteiger partial charge in [0.25, 0.3) is 16.8 Å². The fraction of sp³-hybridized carbons (Fsp3) is 0.111. The minimum Gasteiger partial charge on any atom is -0.490 e. The first kappa shape index (κ1) is 24.6. The van der Waals surface area contributed by atoms with Crippen LogP contribution in [0.25, 0.3) is 17.0 Å². The molecule has 1 aromatic heterocycles. The molecule has 1 saturated heterocycles. The number of halogens is 1. The lowest BCUT2D eigenvalue weighted by atomic mass is 10.1. The van der Waals surface area contributed by atoms with Gasteiger partial charge in [-0.3, -0.25) is 24.6 Å². The van der Waals surface area contributed by atoms with Gasteiger partial charge in [-0.05, 0) is 36.0 Å². The highest BCUT2D eigenvalue weighted by atomic mass is 35.5. The third-order valence-electron chi connectivity index (χ3n) is 5.92. The van der Waals surface area contributed by atoms with Crippen LogP contribution in [0.2, 0.25) is 5.02 Å².